The molecule has 5 nitrogen and oxygen atoms in total. The van der Waals surface area contributed by atoms with E-state index in [4.69, 9.17) is 5.11 Å². The quantitative estimate of drug-likeness (QED) is 0.716. The number of aromatic carboxylic acids is 1. The minimum atomic E-state index is -3.56. The highest BCUT2D eigenvalue weighted by molar-refractivity contribution is 7.98. The first kappa shape index (κ1) is 15.5. The van der Waals surface area contributed by atoms with Crippen LogP contribution in [0.1, 0.15) is 22.5 Å². The van der Waals surface area contributed by atoms with Crippen LogP contribution in [0, 0.1) is 0 Å². The Morgan fingerprint density at radius 3 is 2.72 bits per heavy atom. The van der Waals surface area contributed by atoms with Crippen LogP contribution in [0.4, 0.5) is 0 Å². The molecular weight excluding hydrogens is 294 g/mol. The maximum atomic E-state index is 11.8. The largest absolute Gasteiger partial charge is 0.477 e. The number of carboxylic acid groups (broad SMARTS) is 1. The third-order valence-corrected chi connectivity index (χ3v) is 5.85. The molecule has 1 rings (SSSR count). The van der Waals surface area contributed by atoms with E-state index in [0.29, 0.717) is 6.54 Å². The number of hydrogen-bond acceptors (Lipinski definition) is 5. The van der Waals surface area contributed by atoms with Crippen LogP contribution in [0.15, 0.2) is 16.3 Å². The van der Waals surface area contributed by atoms with Gasteiger partial charge in [0.25, 0.3) is 0 Å². The van der Waals surface area contributed by atoms with Gasteiger partial charge >= 0.3 is 5.97 Å². The Morgan fingerprint density at radius 2 is 2.17 bits per heavy atom. The van der Waals surface area contributed by atoms with Crippen molar-refractivity contribution in [2.45, 2.75) is 17.1 Å². The number of carbonyl (C=O) groups is 1. The Hall–Kier alpha value is -0.570. The zero-order chi connectivity index (χ0) is 13.6. The Kier molecular flexibility index (Phi) is 6.13. The van der Waals surface area contributed by atoms with Crippen molar-refractivity contribution >= 4 is 39.1 Å². The zero-order valence-corrected chi connectivity index (χ0v) is 12.3. The van der Waals surface area contributed by atoms with Gasteiger partial charge in [0.2, 0.25) is 10.0 Å². The van der Waals surface area contributed by atoms with E-state index >= 15 is 0 Å². The van der Waals surface area contributed by atoms with Crippen LogP contribution in [0.5, 0.6) is 0 Å². The number of nitrogens with one attached hydrogen (secondary N) is 1. The van der Waals surface area contributed by atoms with Crippen LogP contribution in [-0.4, -0.2) is 38.0 Å². The third kappa shape index (κ3) is 4.60. The molecule has 0 atom stereocenters. The zero-order valence-electron chi connectivity index (χ0n) is 9.88. The van der Waals surface area contributed by atoms with E-state index in [1.54, 1.807) is 11.8 Å². The number of sulfonamides is 1. The standard InChI is InChI=1S/C10H15NO4S3/c1-16-7-3-2-6-11-18(14,15)9-5-4-8(17-9)10(12)13/h4-5,11H,2-3,6-7H2,1H3,(H,12,13). The monoisotopic (exact) mass is 309 g/mol. The van der Waals surface area contributed by atoms with E-state index in [9.17, 15) is 13.2 Å². The van der Waals surface area contributed by atoms with E-state index in [-0.39, 0.29) is 9.09 Å². The molecule has 1 aromatic rings. The summed E-state index contributed by atoms with van der Waals surface area (Å²) < 4.78 is 26.1. The third-order valence-electron chi connectivity index (χ3n) is 2.12. The van der Waals surface area contributed by atoms with Gasteiger partial charge in [0.05, 0.1) is 0 Å². The van der Waals surface area contributed by atoms with Crippen LogP contribution >= 0.6 is 23.1 Å². The number of carboxylic acids is 1. The predicted octanol–water partition coefficient (Wildman–Crippen LogP) is 1.87. The predicted molar refractivity (Wildman–Crippen MR) is 74.1 cm³/mol. The molecule has 102 valence electrons. The first-order valence-electron chi connectivity index (χ1n) is 5.29. The summed E-state index contributed by atoms with van der Waals surface area (Å²) in [4.78, 5) is 10.7. The molecular formula is C10H15NO4S3. The van der Waals surface area contributed by atoms with Crippen molar-refractivity contribution in [3.63, 3.8) is 0 Å². The van der Waals surface area contributed by atoms with Crippen molar-refractivity contribution < 1.29 is 18.3 Å². The average molecular weight is 309 g/mol. The van der Waals surface area contributed by atoms with Gasteiger partial charge in [0, 0.05) is 6.54 Å². The summed E-state index contributed by atoms with van der Waals surface area (Å²) in [5.74, 6) is -0.106. The van der Waals surface area contributed by atoms with Crippen molar-refractivity contribution in [3.05, 3.63) is 17.0 Å². The molecule has 1 heterocycles. The fraction of sp³-hybridized carbons (Fsp3) is 0.500. The Balaban J connectivity index is 2.54. The van der Waals surface area contributed by atoms with Gasteiger partial charge in [-0.05, 0) is 37.0 Å². The first-order chi connectivity index (χ1) is 8.47. The summed E-state index contributed by atoms with van der Waals surface area (Å²) in [6.45, 7) is 0.378. The van der Waals surface area contributed by atoms with Gasteiger partial charge in [-0.3, -0.25) is 0 Å². The molecule has 0 aliphatic heterocycles. The van der Waals surface area contributed by atoms with Crippen molar-refractivity contribution in [1.29, 1.82) is 0 Å². The number of hydrogen-bond donors (Lipinski definition) is 2. The minimum Gasteiger partial charge on any atom is -0.477 e. The van der Waals surface area contributed by atoms with Gasteiger partial charge in [0.1, 0.15) is 9.09 Å². The molecule has 0 aliphatic rings. The minimum absolute atomic E-state index is 0.0257. The van der Waals surface area contributed by atoms with E-state index in [1.165, 1.54) is 12.1 Å². The highest BCUT2D eigenvalue weighted by atomic mass is 32.2. The molecule has 0 amide bonds. The van der Waals surface area contributed by atoms with Gasteiger partial charge in [-0.15, -0.1) is 11.3 Å². The Bertz CT molecular complexity index is 495. The van der Waals surface area contributed by atoms with Crippen molar-refractivity contribution in [2.24, 2.45) is 0 Å². The fourth-order valence-electron chi connectivity index (χ4n) is 1.23. The van der Waals surface area contributed by atoms with E-state index < -0.39 is 16.0 Å². The lowest BCUT2D eigenvalue weighted by molar-refractivity contribution is 0.0702. The second kappa shape index (κ2) is 7.13. The fourth-order valence-corrected chi connectivity index (χ4v) is 3.99. The number of unbranched alkanes of at least 4 members (excludes halogenated alkanes) is 1. The number of rotatable bonds is 8. The normalized spacial score (nSPS) is 11.6. The van der Waals surface area contributed by atoms with Crippen LogP contribution in [0.25, 0.3) is 0 Å². The summed E-state index contributed by atoms with van der Waals surface area (Å²) in [6.07, 6.45) is 3.73. The van der Waals surface area contributed by atoms with Crippen LogP contribution in [0.2, 0.25) is 0 Å². The molecule has 0 spiro atoms. The number of thiophene rings is 1. The SMILES string of the molecule is CSCCCCNS(=O)(=O)c1ccc(C(=O)O)s1. The van der Waals surface area contributed by atoms with Gasteiger partial charge in [-0.2, -0.15) is 11.8 Å². The highest BCUT2D eigenvalue weighted by Crippen LogP contribution is 2.21. The summed E-state index contributed by atoms with van der Waals surface area (Å²) >= 11 is 2.48. The second-order valence-electron chi connectivity index (χ2n) is 3.52. The maximum Gasteiger partial charge on any atom is 0.345 e. The van der Waals surface area contributed by atoms with Crippen molar-refractivity contribution in [2.75, 3.05) is 18.6 Å². The topological polar surface area (TPSA) is 83.5 Å². The Labute approximate surface area is 115 Å². The first-order valence-corrected chi connectivity index (χ1v) is 8.98. The molecule has 0 unspecified atom stereocenters. The molecule has 18 heavy (non-hydrogen) atoms. The maximum absolute atomic E-state index is 11.8. The molecule has 0 aromatic carbocycles. The van der Waals surface area contributed by atoms with Crippen molar-refractivity contribution in [3.8, 4) is 0 Å². The molecule has 0 saturated carbocycles. The molecule has 0 bridgehead atoms. The number of thioether (sulfide) groups is 1. The lowest BCUT2D eigenvalue weighted by Gasteiger charge is -2.03. The second-order valence-corrected chi connectivity index (χ2v) is 7.58. The lowest BCUT2D eigenvalue weighted by atomic mass is 10.3. The van der Waals surface area contributed by atoms with Crippen LogP contribution in [0.3, 0.4) is 0 Å². The Morgan fingerprint density at radius 1 is 1.44 bits per heavy atom. The molecule has 2 N–H and O–H groups in total. The summed E-state index contributed by atoms with van der Waals surface area (Å²) in [7, 11) is -3.56. The molecule has 0 radical (unpaired) electrons. The molecule has 0 saturated heterocycles. The highest BCUT2D eigenvalue weighted by Gasteiger charge is 2.18. The van der Waals surface area contributed by atoms with Gasteiger partial charge in [0.15, 0.2) is 0 Å². The lowest BCUT2D eigenvalue weighted by Crippen LogP contribution is -2.24. The summed E-state index contributed by atoms with van der Waals surface area (Å²) in [6, 6.07) is 2.62. The van der Waals surface area contributed by atoms with Gasteiger partial charge < -0.3 is 5.11 Å². The van der Waals surface area contributed by atoms with Crippen LogP contribution < -0.4 is 4.72 Å². The molecule has 0 aliphatic carbocycles. The van der Waals surface area contributed by atoms with E-state index in [2.05, 4.69) is 4.72 Å². The molecule has 1 aromatic heterocycles. The smallest absolute Gasteiger partial charge is 0.345 e. The summed E-state index contributed by atoms with van der Waals surface area (Å²) in [5.41, 5.74) is 0. The molecule has 0 fully saturated rings. The van der Waals surface area contributed by atoms with Gasteiger partial charge in [-0.25, -0.2) is 17.9 Å². The van der Waals surface area contributed by atoms with E-state index in [1.807, 2.05) is 6.26 Å². The summed E-state index contributed by atoms with van der Waals surface area (Å²) in [5, 5.41) is 8.73. The van der Waals surface area contributed by atoms with Gasteiger partial charge in [-0.1, -0.05) is 0 Å². The van der Waals surface area contributed by atoms with Crippen LogP contribution in [-0.2, 0) is 10.0 Å². The van der Waals surface area contributed by atoms with E-state index in [0.717, 1.165) is 29.9 Å². The van der Waals surface area contributed by atoms with Crippen molar-refractivity contribution in [1.82, 2.24) is 4.72 Å². The average Bonchev–Trinajstić information content (AvgIpc) is 2.78. The molecule has 8 heteroatoms.